The Morgan fingerprint density at radius 2 is 1.48 bits per heavy atom. The lowest BCUT2D eigenvalue weighted by Crippen LogP contribution is -2.55. The highest BCUT2D eigenvalue weighted by molar-refractivity contribution is 6.03. The third-order valence-corrected chi connectivity index (χ3v) is 3.95. The van der Waals surface area contributed by atoms with Gasteiger partial charge in [-0.2, -0.15) is 0 Å². The van der Waals surface area contributed by atoms with E-state index in [1.807, 2.05) is 0 Å². The number of amides is 5. The van der Waals surface area contributed by atoms with E-state index in [9.17, 15) is 33.6 Å². The summed E-state index contributed by atoms with van der Waals surface area (Å²) in [5, 5.41) is 6.91. The zero-order valence-electron chi connectivity index (χ0n) is 16.7. The lowest BCUT2D eigenvalue weighted by atomic mass is 10.1. The molecule has 1 aliphatic heterocycles. The minimum absolute atomic E-state index is 0.0878. The van der Waals surface area contributed by atoms with Crippen molar-refractivity contribution in [2.45, 2.75) is 51.2 Å². The molecule has 1 aliphatic rings. The third-order valence-electron chi connectivity index (χ3n) is 3.95. The molecule has 3 atom stereocenters. The third kappa shape index (κ3) is 7.29. The molecule has 0 spiro atoms. The topological polar surface area (TPSA) is 168 Å². The van der Waals surface area contributed by atoms with E-state index in [2.05, 4.69) is 20.8 Å². The monoisotopic (exact) mass is 432 g/mol. The van der Waals surface area contributed by atoms with Crippen molar-refractivity contribution in [3.63, 3.8) is 0 Å². The molecule has 0 saturated carbocycles. The molecule has 164 valence electrons. The molecule has 0 radical (unpaired) electrons. The van der Waals surface area contributed by atoms with Gasteiger partial charge >= 0.3 is 5.97 Å². The van der Waals surface area contributed by atoms with E-state index in [0.29, 0.717) is 5.06 Å². The van der Waals surface area contributed by atoms with E-state index in [0.717, 1.165) is 0 Å². The molecular weight excluding hydrogens is 412 g/mol. The average molecular weight is 432 g/mol. The van der Waals surface area contributed by atoms with E-state index < -0.39 is 65.8 Å². The average Bonchev–Trinajstić information content (AvgIpc) is 3.04. The second-order valence-electron chi connectivity index (χ2n) is 6.39. The Morgan fingerprint density at radius 1 is 0.935 bits per heavy atom. The number of nitrogens with zero attached hydrogens (tertiary/aromatic N) is 1. The van der Waals surface area contributed by atoms with Crippen LogP contribution in [-0.2, 0) is 38.4 Å². The first-order valence-corrected chi connectivity index (χ1v) is 8.95. The first-order valence-electron chi connectivity index (χ1n) is 8.95. The number of Topliss-reactive ketones (excluding diaryl/α,β-unsaturated/α-hetero) is 1. The van der Waals surface area contributed by atoms with Gasteiger partial charge in [-0.25, -0.2) is 4.79 Å². The van der Waals surface area contributed by atoms with Crippen LogP contribution in [0.1, 0.15) is 33.1 Å². The quantitative estimate of drug-likeness (QED) is 0.201. The van der Waals surface area contributed by atoms with Crippen molar-refractivity contribution in [3.8, 4) is 24.7 Å². The zero-order valence-corrected chi connectivity index (χ0v) is 16.7. The van der Waals surface area contributed by atoms with Crippen LogP contribution in [0, 0.1) is 24.7 Å². The fourth-order valence-electron chi connectivity index (χ4n) is 2.26. The number of ketones is 1. The summed E-state index contributed by atoms with van der Waals surface area (Å²) in [6, 6.07) is -3.91. The highest BCUT2D eigenvalue weighted by atomic mass is 16.7. The van der Waals surface area contributed by atoms with Gasteiger partial charge in [0.05, 0.1) is 0 Å². The van der Waals surface area contributed by atoms with Gasteiger partial charge in [0.1, 0.15) is 18.1 Å². The summed E-state index contributed by atoms with van der Waals surface area (Å²) in [7, 11) is 0. The SMILES string of the molecule is C#CC(=O)CC(NC(=O)C#C)C(=O)N[C@@H](C)C(=O)N[C@@H](C)C(=O)ON1C(=O)CCC1=O. The molecule has 12 heteroatoms. The number of terminal acetylenes is 2. The number of rotatable bonds is 9. The molecule has 1 rings (SSSR count). The van der Waals surface area contributed by atoms with Crippen LogP contribution in [0.5, 0.6) is 0 Å². The van der Waals surface area contributed by atoms with E-state index in [1.54, 1.807) is 11.8 Å². The van der Waals surface area contributed by atoms with E-state index in [1.165, 1.54) is 13.8 Å². The molecule has 1 fully saturated rings. The van der Waals surface area contributed by atoms with Crippen LogP contribution in [0.4, 0.5) is 0 Å². The zero-order chi connectivity index (χ0) is 23.7. The summed E-state index contributed by atoms with van der Waals surface area (Å²) >= 11 is 0. The fourth-order valence-corrected chi connectivity index (χ4v) is 2.26. The van der Waals surface area contributed by atoms with Crippen LogP contribution in [0.3, 0.4) is 0 Å². The van der Waals surface area contributed by atoms with Crippen molar-refractivity contribution in [2.24, 2.45) is 0 Å². The van der Waals surface area contributed by atoms with Crippen LogP contribution in [0.25, 0.3) is 0 Å². The number of hydrogen-bond acceptors (Lipinski definition) is 8. The highest BCUT2D eigenvalue weighted by Crippen LogP contribution is 2.12. The summed E-state index contributed by atoms with van der Waals surface area (Å²) < 4.78 is 0. The van der Waals surface area contributed by atoms with Gasteiger partial charge in [0, 0.05) is 19.3 Å². The van der Waals surface area contributed by atoms with E-state index in [-0.39, 0.29) is 12.8 Å². The maximum atomic E-state index is 12.3. The molecule has 0 bridgehead atoms. The number of carbonyl (C=O) groups is 7. The Balaban J connectivity index is 2.67. The molecule has 0 aromatic rings. The summed E-state index contributed by atoms with van der Waals surface area (Å²) in [6.07, 6.45) is 9.15. The summed E-state index contributed by atoms with van der Waals surface area (Å²) in [5.41, 5.74) is 0. The number of imide groups is 1. The molecule has 31 heavy (non-hydrogen) atoms. The lowest BCUT2D eigenvalue weighted by molar-refractivity contribution is -0.198. The van der Waals surface area contributed by atoms with Gasteiger partial charge in [0.25, 0.3) is 17.7 Å². The maximum Gasteiger partial charge on any atom is 0.354 e. The summed E-state index contributed by atoms with van der Waals surface area (Å²) in [6.45, 7) is 2.50. The number of nitrogens with one attached hydrogen (secondary N) is 3. The fraction of sp³-hybridized carbons (Fsp3) is 0.421. The minimum atomic E-state index is -1.42. The summed E-state index contributed by atoms with van der Waals surface area (Å²) in [4.78, 5) is 86.9. The Labute approximate surface area is 177 Å². The smallest absolute Gasteiger partial charge is 0.343 e. The first-order chi connectivity index (χ1) is 14.5. The molecule has 1 unspecified atom stereocenters. The van der Waals surface area contributed by atoms with Crippen LogP contribution in [0.2, 0.25) is 0 Å². The maximum absolute atomic E-state index is 12.3. The van der Waals surface area contributed by atoms with Crippen LogP contribution in [0.15, 0.2) is 0 Å². The molecular formula is C19H20N4O8. The standard InChI is InChI=1S/C19H20N4O8/c1-5-12(24)9-13(22-14(25)6-2)18(29)20-10(3)17(28)21-11(4)19(30)31-23-15(26)7-8-16(23)27/h1-2,10-11,13H,7-9H2,3-4H3,(H,20,29)(H,21,28)(H,22,25)/t10-,11-,13?/m0/s1. The molecule has 12 nitrogen and oxygen atoms in total. The van der Waals surface area contributed by atoms with Gasteiger partial charge in [-0.05, 0) is 25.7 Å². The van der Waals surface area contributed by atoms with Gasteiger partial charge in [-0.1, -0.05) is 0 Å². The van der Waals surface area contributed by atoms with Crippen LogP contribution < -0.4 is 16.0 Å². The molecule has 0 aromatic heterocycles. The molecule has 0 aromatic carbocycles. The van der Waals surface area contributed by atoms with E-state index >= 15 is 0 Å². The van der Waals surface area contributed by atoms with Crippen molar-refractivity contribution in [1.82, 2.24) is 21.0 Å². The normalized spacial score (nSPS) is 15.5. The first kappa shape index (κ1) is 24.8. The molecule has 0 aliphatic carbocycles. The predicted octanol–water partition coefficient (Wildman–Crippen LogP) is -2.69. The van der Waals surface area contributed by atoms with Gasteiger partial charge in [0.2, 0.25) is 17.6 Å². The van der Waals surface area contributed by atoms with Crippen molar-refractivity contribution in [2.75, 3.05) is 0 Å². The Morgan fingerprint density at radius 3 is 2.00 bits per heavy atom. The molecule has 1 heterocycles. The van der Waals surface area contributed by atoms with Gasteiger partial charge in [0.15, 0.2) is 0 Å². The summed E-state index contributed by atoms with van der Waals surface area (Å²) in [5.74, 6) is -2.43. The number of carbonyl (C=O) groups excluding carboxylic acids is 7. The largest absolute Gasteiger partial charge is 0.354 e. The van der Waals surface area contributed by atoms with Crippen molar-refractivity contribution >= 4 is 41.3 Å². The molecule has 1 saturated heterocycles. The Hall–Kier alpha value is -4.19. The van der Waals surface area contributed by atoms with Gasteiger partial charge in [-0.15, -0.1) is 17.9 Å². The number of hydrogen-bond donors (Lipinski definition) is 3. The van der Waals surface area contributed by atoms with Crippen LogP contribution >= 0.6 is 0 Å². The van der Waals surface area contributed by atoms with Gasteiger partial charge in [-0.3, -0.25) is 28.8 Å². The molecule has 3 N–H and O–H groups in total. The van der Waals surface area contributed by atoms with Crippen molar-refractivity contribution in [1.29, 1.82) is 0 Å². The Kier molecular flexibility index (Phi) is 8.91. The van der Waals surface area contributed by atoms with Crippen molar-refractivity contribution < 1.29 is 38.4 Å². The molecule has 5 amide bonds. The predicted molar refractivity (Wildman–Crippen MR) is 102 cm³/mol. The van der Waals surface area contributed by atoms with Gasteiger partial charge < -0.3 is 20.8 Å². The Bertz CT molecular complexity index is 854. The van der Waals surface area contributed by atoms with Crippen molar-refractivity contribution in [3.05, 3.63) is 0 Å². The highest BCUT2D eigenvalue weighted by Gasteiger charge is 2.34. The second-order valence-corrected chi connectivity index (χ2v) is 6.39. The lowest BCUT2D eigenvalue weighted by Gasteiger charge is -2.21. The minimum Gasteiger partial charge on any atom is -0.343 e. The van der Waals surface area contributed by atoms with E-state index in [4.69, 9.17) is 12.8 Å². The van der Waals surface area contributed by atoms with Crippen LogP contribution in [-0.4, -0.2) is 64.5 Å². The number of hydroxylamine groups is 2. The second kappa shape index (κ2) is 11.1.